The number of benzene rings is 2. The lowest BCUT2D eigenvalue weighted by molar-refractivity contribution is -0.122. The van der Waals surface area contributed by atoms with Gasteiger partial charge in [-0.25, -0.2) is 0 Å². The minimum Gasteiger partial charge on any atom is -0.283 e. The van der Waals surface area contributed by atoms with Crippen molar-refractivity contribution in [3.05, 3.63) is 71.8 Å². The van der Waals surface area contributed by atoms with Crippen LogP contribution in [-0.4, -0.2) is 10.9 Å². The van der Waals surface area contributed by atoms with Crippen molar-refractivity contribution in [2.24, 2.45) is 5.92 Å². The smallest absolute Gasteiger partial charge is 0.0513 e. The molecule has 1 nitrogen and oxygen atoms in total. The first kappa shape index (κ1) is 12.9. The maximum Gasteiger partial charge on any atom is 0.0513 e. The number of hydrogen-bond acceptors (Lipinski definition) is 1. The quantitative estimate of drug-likeness (QED) is 0.760. The van der Waals surface area contributed by atoms with E-state index < -0.39 is 0 Å². The van der Waals surface area contributed by atoms with Gasteiger partial charge in [0.1, 0.15) is 0 Å². The average molecular weight is 289 g/mol. The van der Waals surface area contributed by atoms with Crippen molar-refractivity contribution in [1.82, 2.24) is 4.90 Å². The lowest BCUT2D eigenvalue weighted by Gasteiger charge is -2.61. The molecule has 0 spiro atoms. The van der Waals surface area contributed by atoms with Gasteiger partial charge in [0.2, 0.25) is 0 Å². The first-order valence-electron chi connectivity index (χ1n) is 8.80. The molecule has 2 saturated heterocycles. The Morgan fingerprint density at radius 1 is 0.818 bits per heavy atom. The summed E-state index contributed by atoms with van der Waals surface area (Å²) in [5.41, 5.74) is 3.42. The fraction of sp³-hybridized carbons (Fsp3) is 0.429. The van der Waals surface area contributed by atoms with Crippen LogP contribution >= 0.6 is 0 Å². The van der Waals surface area contributed by atoms with Crippen LogP contribution < -0.4 is 0 Å². The number of hydrogen-bond donors (Lipinski definition) is 0. The normalized spacial score (nSPS) is 36.6. The van der Waals surface area contributed by atoms with E-state index in [0.29, 0.717) is 11.6 Å². The van der Waals surface area contributed by atoms with E-state index in [2.05, 4.69) is 65.6 Å². The highest BCUT2D eigenvalue weighted by Crippen LogP contribution is 2.66. The van der Waals surface area contributed by atoms with Crippen molar-refractivity contribution in [2.75, 3.05) is 0 Å². The van der Waals surface area contributed by atoms with Crippen LogP contribution in [0.3, 0.4) is 0 Å². The molecular weight excluding hydrogens is 266 g/mol. The Morgan fingerprint density at radius 3 is 2.32 bits per heavy atom. The van der Waals surface area contributed by atoms with E-state index in [1.165, 1.54) is 37.7 Å². The van der Waals surface area contributed by atoms with E-state index in [4.69, 9.17) is 0 Å². The first-order valence-corrected chi connectivity index (χ1v) is 8.80. The molecule has 5 rings (SSSR count). The van der Waals surface area contributed by atoms with E-state index in [0.717, 1.165) is 12.0 Å². The van der Waals surface area contributed by atoms with Crippen molar-refractivity contribution >= 4 is 0 Å². The fourth-order valence-electron chi connectivity index (χ4n) is 5.79. The molecule has 0 amide bonds. The summed E-state index contributed by atoms with van der Waals surface area (Å²) in [6.07, 6.45) is 6.89. The second kappa shape index (κ2) is 4.70. The standard InChI is InChI=1S/C21H23N/c1-3-8-16(9-4-1)19-14-15-21(17-10-5-2-6-11-17)18-12-7-13-20(18)22(19)21/h1-6,8-11,18-20H,7,12-15H2. The van der Waals surface area contributed by atoms with E-state index in [1.807, 2.05) is 0 Å². The van der Waals surface area contributed by atoms with Crippen LogP contribution in [0.1, 0.15) is 49.3 Å². The molecule has 1 aliphatic carbocycles. The molecule has 2 aliphatic heterocycles. The van der Waals surface area contributed by atoms with Crippen molar-refractivity contribution in [1.29, 1.82) is 0 Å². The molecule has 0 radical (unpaired) electrons. The number of nitrogens with zero attached hydrogens (tertiary/aromatic N) is 1. The monoisotopic (exact) mass is 289 g/mol. The van der Waals surface area contributed by atoms with Gasteiger partial charge in [0.15, 0.2) is 0 Å². The molecule has 1 saturated carbocycles. The Balaban J connectivity index is 1.59. The largest absolute Gasteiger partial charge is 0.283 e. The topological polar surface area (TPSA) is 3.24 Å². The summed E-state index contributed by atoms with van der Waals surface area (Å²) in [5.74, 6) is 0.892. The minimum atomic E-state index is 0.336. The Labute approximate surface area is 133 Å². The van der Waals surface area contributed by atoms with Crippen LogP contribution in [-0.2, 0) is 5.54 Å². The SMILES string of the molecule is c1ccc(C2CCC3(c4ccccc4)C4CCCC4N23)cc1. The van der Waals surface area contributed by atoms with Gasteiger partial charge < -0.3 is 0 Å². The van der Waals surface area contributed by atoms with Gasteiger partial charge in [-0.15, -0.1) is 0 Å². The molecule has 1 heteroatoms. The summed E-state index contributed by atoms with van der Waals surface area (Å²) in [4.78, 5) is 2.90. The summed E-state index contributed by atoms with van der Waals surface area (Å²) in [6.45, 7) is 0. The number of fused-ring (bicyclic) bond motifs is 4. The molecule has 3 fully saturated rings. The van der Waals surface area contributed by atoms with Gasteiger partial charge in [0, 0.05) is 12.1 Å². The summed E-state index contributed by atoms with van der Waals surface area (Å²) in [5, 5.41) is 0. The predicted octanol–water partition coefficient (Wildman–Crippen LogP) is 4.90. The van der Waals surface area contributed by atoms with Crippen LogP contribution in [0, 0.1) is 5.92 Å². The van der Waals surface area contributed by atoms with Gasteiger partial charge in [-0.1, -0.05) is 67.1 Å². The third kappa shape index (κ3) is 1.53. The summed E-state index contributed by atoms with van der Waals surface area (Å²) < 4.78 is 0. The predicted molar refractivity (Wildman–Crippen MR) is 89.5 cm³/mol. The molecule has 4 atom stereocenters. The first-order chi connectivity index (χ1) is 10.9. The number of rotatable bonds is 2. The lowest BCUT2D eigenvalue weighted by Crippen LogP contribution is -2.66. The molecule has 0 N–H and O–H groups in total. The van der Waals surface area contributed by atoms with Gasteiger partial charge in [-0.05, 0) is 42.7 Å². The summed E-state index contributed by atoms with van der Waals surface area (Å²) >= 11 is 0. The molecule has 0 aromatic heterocycles. The Kier molecular flexibility index (Phi) is 2.75. The molecule has 4 unspecified atom stereocenters. The molecule has 2 aromatic carbocycles. The Morgan fingerprint density at radius 2 is 1.55 bits per heavy atom. The summed E-state index contributed by atoms with van der Waals surface area (Å²) in [6, 6.07) is 24.0. The highest BCUT2D eigenvalue weighted by Gasteiger charge is 2.66. The van der Waals surface area contributed by atoms with Crippen LogP contribution in [0.5, 0.6) is 0 Å². The average Bonchev–Trinajstić information content (AvgIpc) is 3.14. The van der Waals surface area contributed by atoms with Crippen molar-refractivity contribution in [3.8, 4) is 0 Å². The van der Waals surface area contributed by atoms with Crippen LogP contribution in [0.2, 0.25) is 0 Å². The van der Waals surface area contributed by atoms with Crippen molar-refractivity contribution in [3.63, 3.8) is 0 Å². The van der Waals surface area contributed by atoms with Gasteiger partial charge in [-0.2, -0.15) is 0 Å². The molecule has 0 bridgehead atoms. The van der Waals surface area contributed by atoms with Crippen LogP contribution in [0.25, 0.3) is 0 Å². The van der Waals surface area contributed by atoms with Crippen molar-refractivity contribution in [2.45, 2.75) is 49.7 Å². The molecular formula is C21H23N. The molecule has 3 aliphatic rings. The second-order valence-corrected chi connectivity index (χ2v) is 7.27. The third-order valence-corrected chi connectivity index (χ3v) is 6.50. The van der Waals surface area contributed by atoms with Gasteiger partial charge in [0.05, 0.1) is 5.54 Å². The lowest BCUT2D eigenvalue weighted by atomic mass is 9.66. The molecule has 112 valence electrons. The molecule has 22 heavy (non-hydrogen) atoms. The summed E-state index contributed by atoms with van der Waals surface area (Å²) in [7, 11) is 0. The van der Waals surface area contributed by atoms with Gasteiger partial charge >= 0.3 is 0 Å². The zero-order chi connectivity index (χ0) is 14.6. The van der Waals surface area contributed by atoms with Gasteiger partial charge in [-0.3, -0.25) is 4.90 Å². The van der Waals surface area contributed by atoms with E-state index >= 15 is 0 Å². The van der Waals surface area contributed by atoms with E-state index in [9.17, 15) is 0 Å². The van der Waals surface area contributed by atoms with Crippen molar-refractivity contribution < 1.29 is 0 Å². The zero-order valence-corrected chi connectivity index (χ0v) is 13.0. The van der Waals surface area contributed by atoms with Crippen LogP contribution in [0.15, 0.2) is 60.7 Å². The zero-order valence-electron chi connectivity index (χ0n) is 13.0. The Bertz CT molecular complexity index is 665. The molecule has 2 aromatic rings. The van der Waals surface area contributed by atoms with Crippen LogP contribution in [0.4, 0.5) is 0 Å². The highest BCUT2D eigenvalue weighted by atomic mass is 15.4. The third-order valence-electron chi connectivity index (χ3n) is 6.50. The Hall–Kier alpha value is -1.60. The highest BCUT2D eigenvalue weighted by molar-refractivity contribution is 5.37. The van der Waals surface area contributed by atoms with Gasteiger partial charge in [0.25, 0.3) is 0 Å². The van der Waals surface area contributed by atoms with E-state index in [-0.39, 0.29) is 0 Å². The maximum atomic E-state index is 2.90. The second-order valence-electron chi connectivity index (χ2n) is 7.27. The minimum absolute atomic E-state index is 0.336. The fourth-order valence-corrected chi connectivity index (χ4v) is 5.79. The molecule has 2 heterocycles. The van der Waals surface area contributed by atoms with E-state index in [1.54, 1.807) is 5.56 Å². The maximum absolute atomic E-state index is 2.90.